The van der Waals surface area contributed by atoms with E-state index in [1.807, 2.05) is 37.1 Å². The lowest BCUT2D eigenvalue weighted by Gasteiger charge is -2.32. The number of rotatable bonds is 4. The summed E-state index contributed by atoms with van der Waals surface area (Å²) in [5.74, 6) is 0.381. The van der Waals surface area contributed by atoms with Crippen molar-refractivity contribution >= 4 is 5.91 Å². The Labute approximate surface area is 142 Å². The van der Waals surface area contributed by atoms with Crippen LogP contribution < -0.4 is 0 Å². The molecule has 1 saturated heterocycles. The van der Waals surface area contributed by atoms with Gasteiger partial charge in [-0.3, -0.25) is 9.48 Å². The summed E-state index contributed by atoms with van der Waals surface area (Å²) in [4.78, 5) is 14.7. The van der Waals surface area contributed by atoms with E-state index in [4.69, 9.17) is 0 Å². The molecular formula is C19H24FN3O. The van der Waals surface area contributed by atoms with E-state index in [0.717, 1.165) is 50.0 Å². The quantitative estimate of drug-likeness (QED) is 0.863. The molecule has 0 radical (unpaired) electrons. The Hall–Kier alpha value is -2.17. The average Bonchev–Trinajstić information content (AvgIpc) is 2.92. The van der Waals surface area contributed by atoms with Crippen molar-refractivity contribution < 1.29 is 9.18 Å². The first-order valence-corrected chi connectivity index (χ1v) is 8.57. The zero-order valence-electron chi connectivity index (χ0n) is 14.3. The molecule has 1 aromatic heterocycles. The van der Waals surface area contributed by atoms with E-state index in [0.29, 0.717) is 11.6 Å². The van der Waals surface area contributed by atoms with E-state index in [9.17, 15) is 9.18 Å². The van der Waals surface area contributed by atoms with E-state index in [1.165, 1.54) is 12.1 Å². The van der Waals surface area contributed by atoms with Crippen LogP contribution in [0.4, 0.5) is 4.39 Å². The Morgan fingerprint density at radius 3 is 2.75 bits per heavy atom. The molecule has 1 aliphatic rings. The minimum Gasteiger partial charge on any atom is -0.337 e. The van der Waals surface area contributed by atoms with Crippen LogP contribution in [0.2, 0.25) is 0 Å². The monoisotopic (exact) mass is 329 g/mol. The van der Waals surface area contributed by atoms with Gasteiger partial charge in [0.05, 0.1) is 5.69 Å². The van der Waals surface area contributed by atoms with Gasteiger partial charge in [-0.15, -0.1) is 0 Å². The first kappa shape index (κ1) is 16.7. The van der Waals surface area contributed by atoms with E-state index in [-0.39, 0.29) is 11.7 Å². The Morgan fingerprint density at radius 1 is 1.33 bits per heavy atom. The fourth-order valence-corrected chi connectivity index (χ4v) is 3.48. The Balaban J connectivity index is 1.58. The summed E-state index contributed by atoms with van der Waals surface area (Å²) in [6.45, 7) is 3.51. The zero-order valence-corrected chi connectivity index (χ0v) is 14.3. The zero-order chi connectivity index (χ0) is 17.1. The fraction of sp³-hybridized carbons (Fsp3) is 0.474. The Bertz CT molecular complexity index is 708. The standard InChI is InChI=1S/C19H24FN3O/c1-14-12-18(22(2)21-14)19(24)23-11-3-4-16(13-23)6-5-15-7-9-17(20)10-8-15/h7-10,12,16H,3-6,11,13H2,1-2H3/t16-/m0/s1. The van der Waals surface area contributed by atoms with Crippen molar-refractivity contribution in [2.24, 2.45) is 13.0 Å². The highest BCUT2D eigenvalue weighted by molar-refractivity contribution is 5.92. The lowest BCUT2D eigenvalue weighted by atomic mass is 9.91. The SMILES string of the molecule is Cc1cc(C(=O)N2CCC[C@@H](CCc3ccc(F)cc3)C2)n(C)n1. The highest BCUT2D eigenvalue weighted by Gasteiger charge is 2.26. The van der Waals surface area contributed by atoms with Gasteiger partial charge < -0.3 is 4.90 Å². The molecule has 24 heavy (non-hydrogen) atoms. The van der Waals surface area contributed by atoms with Gasteiger partial charge in [0, 0.05) is 20.1 Å². The number of carbonyl (C=O) groups excluding carboxylic acids is 1. The maximum absolute atomic E-state index is 13.0. The van der Waals surface area contributed by atoms with Crippen LogP contribution in [0, 0.1) is 18.7 Å². The molecule has 0 unspecified atom stereocenters. The third kappa shape index (κ3) is 3.83. The van der Waals surface area contributed by atoms with Gasteiger partial charge in [0.1, 0.15) is 11.5 Å². The van der Waals surface area contributed by atoms with Crippen molar-refractivity contribution in [3.8, 4) is 0 Å². The number of amides is 1. The molecular weight excluding hydrogens is 305 g/mol. The number of benzene rings is 1. The van der Waals surface area contributed by atoms with Gasteiger partial charge >= 0.3 is 0 Å². The van der Waals surface area contributed by atoms with Crippen molar-refractivity contribution in [3.05, 3.63) is 53.1 Å². The maximum Gasteiger partial charge on any atom is 0.272 e. The minimum absolute atomic E-state index is 0.0737. The molecule has 5 heteroatoms. The molecule has 0 aliphatic carbocycles. The third-order valence-corrected chi connectivity index (χ3v) is 4.78. The maximum atomic E-state index is 13.0. The van der Waals surface area contributed by atoms with Crippen LogP contribution in [0.3, 0.4) is 0 Å². The number of aromatic nitrogens is 2. The summed E-state index contributed by atoms with van der Waals surface area (Å²) in [7, 11) is 1.82. The van der Waals surface area contributed by atoms with Gasteiger partial charge in [0.15, 0.2) is 0 Å². The lowest BCUT2D eigenvalue weighted by Crippen LogP contribution is -2.40. The predicted molar refractivity (Wildman–Crippen MR) is 91.3 cm³/mol. The smallest absolute Gasteiger partial charge is 0.272 e. The molecule has 1 fully saturated rings. The first-order valence-electron chi connectivity index (χ1n) is 8.57. The minimum atomic E-state index is -0.195. The molecule has 0 N–H and O–H groups in total. The summed E-state index contributed by atoms with van der Waals surface area (Å²) >= 11 is 0. The largest absolute Gasteiger partial charge is 0.337 e. The van der Waals surface area contributed by atoms with Gasteiger partial charge in [0.2, 0.25) is 0 Å². The second kappa shape index (κ2) is 7.16. The van der Waals surface area contributed by atoms with Crippen molar-refractivity contribution in [1.82, 2.24) is 14.7 Å². The lowest BCUT2D eigenvalue weighted by molar-refractivity contribution is 0.0657. The van der Waals surface area contributed by atoms with Crippen LogP contribution in [0.5, 0.6) is 0 Å². The number of likely N-dealkylation sites (tertiary alicyclic amines) is 1. The van der Waals surface area contributed by atoms with Crippen molar-refractivity contribution in [1.29, 1.82) is 0 Å². The van der Waals surface area contributed by atoms with E-state index in [2.05, 4.69) is 5.10 Å². The number of carbonyl (C=O) groups is 1. The van der Waals surface area contributed by atoms with Crippen LogP contribution in [0.15, 0.2) is 30.3 Å². The molecule has 1 amide bonds. The van der Waals surface area contributed by atoms with Gasteiger partial charge in [-0.1, -0.05) is 12.1 Å². The summed E-state index contributed by atoms with van der Waals surface area (Å²) < 4.78 is 14.6. The van der Waals surface area contributed by atoms with Crippen LogP contribution in [0.1, 0.15) is 41.0 Å². The van der Waals surface area contributed by atoms with Gasteiger partial charge in [-0.25, -0.2) is 4.39 Å². The van der Waals surface area contributed by atoms with Crippen LogP contribution in [0.25, 0.3) is 0 Å². The van der Waals surface area contributed by atoms with Crippen molar-refractivity contribution in [2.75, 3.05) is 13.1 Å². The number of aryl methyl sites for hydroxylation is 3. The predicted octanol–water partition coefficient (Wildman–Crippen LogP) is 3.35. The molecule has 0 spiro atoms. The summed E-state index contributed by atoms with van der Waals surface area (Å²) in [5.41, 5.74) is 2.68. The molecule has 1 atom stereocenters. The summed E-state index contributed by atoms with van der Waals surface area (Å²) in [5, 5.41) is 4.27. The third-order valence-electron chi connectivity index (χ3n) is 4.78. The van der Waals surface area contributed by atoms with E-state index in [1.54, 1.807) is 4.68 Å². The fourth-order valence-electron chi connectivity index (χ4n) is 3.48. The highest BCUT2D eigenvalue weighted by Crippen LogP contribution is 2.23. The number of nitrogens with zero attached hydrogens (tertiary/aromatic N) is 3. The molecule has 3 rings (SSSR count). The van der Waals surface area contributed by atoms with Crippen molar-refractivity contribution in [2.45, 2.75) is 32.6 Å². The second-order valence-electron chi connectivity index (χ2n) is 6.72. The molecule has 4 nitrogen and oxygen atoms in total. The topological polar surface area (TPSA) is 38.1 Å². The number of hydrogen-bond acceptors (Lipinski definition) is 2. The van der Waals surface area contributed by atoms with Gasteiger partial charge in [-0.05, 0) is 62.3 Å². The molecule has 1 aromatic carbocycles. The molecule has 0 bridgehead atoms. The van der Waals surface area contributed by atoms with E-state index < -0.39 is 0 Å². The van der Waals surface area contributed by atoms with Crippen molar-refractivity contribution in [3.63, 3.8) is 0 Å². The van der Waals surface area contributed by atoms with E-state index >= 15 is 0 Å². The molecule has 1 aliphatic heterocycles. The molecule has 2 aromatic rings. The van der Waals surface area contributed by atoms with Gasteiger partial charge in [0.25, 0.3) is 5.91 Å². The Morgan fingerprint density at radius 2 is 2.08 bits per heavy atom. The molecule has 128 valence electrons. The van der Waals surface area contributed by atoms with Crippen LogP contribution in [-0.2, 0) is 13.5 Å². The Kier molecular flexibility index (Phi) is 4.97. The first-order chi connectivity index (χ1) is 11.5. The highest BCUT2D eigenvalue weighted by atomic mass is 19.1. The second-order valence-corrected chi connectivity index (χ2v) is 6.72. The summed E-state index contributed by atoms with van der Waals surface area (Å²) in [6.07, 6.45) is 4.14. The average molecular weight is 329 g/mol. The molecule has 0 saturated carbocycles. The molecule has 2 heterocycles. The van der Waals surface area contributed by atoms with Crippen LogP contribution >= 0.6 is 0 Å². The van der Waals surface area contributed by atoms with Crippen LogP contribution in [-0.4, -0.2) is 33.7 Å². The number of hydrogen-bond donors (Lipinski definition) is 0. The summed E-state index contributed by atoms with van der Waals surface area (Å²) in [6, 6.07) is 8.57. The number of halogens is 1. The van der Waals surface area contributed by atoms with Gasteiger partial charge in [-0.2, -0.15) is 5.10 Å². The number of piperidine rings is 1. The normalized spacial score (nSPS) is 18.0.